The molecule has 0 atom stereocenters. The van der Waals surface area contributed by atoms with E-state index in [1.807, 2.05) is 18.2 Å². The van der Waals surface area contributed by atoms with Gasteiger partial charge in [0, 0.05) is 0 Å². The van der Waals surface area contributed by atoms with Gasteiger partial charge in [0.2, 0.25) is 0 Å². The number of allylic oxidation sites excluding steroid dienone is 1. The third-order valence-corrected chi connectivity index (χ3v) is 4.14. The second-order valence-electron chi connectivity index (χ2n) is 5.32. The molecule has 0 aromatic heterocycles. The zero-order chi connectivity index (χ0) is 12.8. The summed E-state index contributed by atoms with van der Waals surface area (Å²) in [6.07, 6.45) is 9.79. The number of nitrogens with zero attached hydrogens (tertiary/aromatic N) is 1. The maximum Gasteiger partial charge on any atom is 0.0991 e. The molecule has 0 amide bonds. The van der Waals surface area contributed by atoms with Crippen molar-refractivity contribution in [3.8, 4) is 6.07 Å². The summed E-state index contributed by atoms with van der Waals surface area (Å²) < 4.78 is 0. The Labute approximate surface area is 110 Å². The third-order valence-electron chi connectivity index (χ3n) is 4.14. The van der Waals surface area contributed by atoms with E-state index in [0.29, 0.717) is 5.92 Å². The van der Waals surface area contributed by atoms with Gasteiger partial charge in [0.05, 0.1) is 11.6 Å². The Morgan fingerprint density at radius 3 is 2.39 bits per heavy atom. The van der Waals surface area contributed by atoms with Gasteiger partial charge in [-0.3, -0.25) is 0 Å². The van der Waals surface area contributed by atoms with Crippen LogP contribution >= 0.6 is 0 Å². The molecule has 1 aliphatic rings. The Bertz CT molecular complexity index is 416. The summed E-state index contributed by atoms with van der Waals surface area (Å²) in [5, 5.41) is 8.80. The van der Waals surface area contributed by atoms with Crippen LogP contribution in [0.1, 0.15) is 55.6 Å². The quantitative estimate of drug-likeness (QED) is 0.692. The second-order valence-corrected chi connectivity index (χ2v) is 5.32. The third kappa shape index (κ3) is 3.23. The standard InChI is InChI=1S/C17H21N/c1-2-3-4-14-5-9-16(10-6-14)17-11-7-15(13-18)8-12-17/h2,7-8,11-12,14,16H,1,3-6,9-10H2/t14-,16-. The van der Waals surface area contributed by atoms with Crippen LogP contribution in [0.25, 0.3) is 0 Å². The van der Waals surface area contributed by atoms with E-state index in [2.05, 4.69) is 24.8 Å². The van der Waals surface area contributed by atoms with Crippen LogP contribution in [0.15, 0.2) is 36.9 Å². The molecular formula is C17H21N. The highest BCUT2D eigenvalue weighted by Gasteiger charge is 2.21. The fraction of sp³-hybridized carbons (Fsp3) is 0.471. The van der Waals surface area contributed by atoms with E-state index in [-0.39, 0.29) is 0 Å². The molecule has 0 heterocycles. The molecule has 0 bridgehead atoms. The molecule has 94 valence electrons. The molecule has 0 saturated heterocycles. The molecule has 1 aromatic carbocycles. The summed E-state index contributed by atoms with van der Waals surface area (Å²) in [6, 6.07) is 10.3. The predicted molar refractivity (Wildman–Crippen MR) is 75.3 cm³/mol. The molecule has 18 heavy (non-hydrogen) atoms. The van der Waals surface area contributed by atoms with Crippen molar-refractivity contribution in [2.24, 2.45) is 5.92 Å². The van der Waals surface area contributed by atoms with Crippen LogP contribution in [0.5, 0.6) is 0 Å². The first-order chi connectivity index (χ1) is 8.83. The molecule has 1 heteroatoms. The maximum atomic E-state index is 8.80. The Balaban J connectivity index is 1.88. The predicted octanol–water partition coefficient (Wildman–Crippen LogP) is 4.80. The molecule has 0 spiro atoms. The number of nitriles is 1. The highest BCUT2D eigenvalue weighted by molar-refractivity contribution is 5.33. The first kappa shape index (κ1) is 12.9. The smallest absolute Gasteiger partial charge is 0.0991 e. The van der Waals surface area contributed by atoms with Gasteiger partial charge < -0.3 is 0 Å². The molecule has 1 saturated carbocycles. The summed E-state index contributed by atoms with van der Waals surface area (Å²) in [4.78, 5) is 0. The van der Waals surface area contributed by atoms with E-state index >= 15 is 0 Å². The first-order valence-corrected chi connectivity index (χ1v) is 6.94. The van der Waals surface area contributed by atoms with Crippen LogP contribution in [-0.2, 0) is 0 Å². The van der Waals surface area contributed by atoms with E-state index in [1.165, 1.54) is 37.7 Å². The molecular weight excluding hydrogens is 218 g/mol. The average molecular weight is 239 g/mol. The van der Waals surface area contributed by atoms with Gasteiger partial charge in [-0.05, 0) is 68.1 Å². The lowest BCUT2D eigenvalue weighted by Gasteiger charge is -2.28. The Morgan fingerprint density at radius 2 is 1.83 bits per heavy atom. The van der Waals surface area contributed by atoms with Gasteiger partial charge >= 0.3 is 0 Å². The van der Waals surface area contributed by atoms with Crippen LogP contribution in [0.4, 0.5) is 0 Å². The maximum absolute atomic E-state index is 8.80. The van der Waals surface area contributed by atoms with Crippen molar-refractivity contribution in [1.29, 1.82) is 5.26 Å². The zero-order valence-electron chi connectivity index (χ0n) is 10.9. The van der Waals surface area contributed by atoms with Crippen molar-refractivity contribution in [3.05, 3.63) is 48.0 Å². The van der Waals surface area contributed by atoms with Crippen molar-refractivity contribution in [2.45, 2.75) is 44.4 Å². The van der Waals surface area contributed by atoms with Crippen molar-refractivity contribution in [3.63, 3.8) is 0 Å². The lowest BCUT2D eigenvalue weighted by molar-refractivity contribution is 0.312. The van der Waals surface area contributed by atoms with Gasteiger partial charge in [0.1, 0.15) is 0 Å². The lowest BCUT2D eigenvalue weighted by Crippen LogP contribution is -2.13. The fourth-order valence-corrected chi connectivity index (χ4v) is 2.97. The fourth-order valence-electron chi connectivity index (χ4n) is 2.97. The van der Waals surface area contributed by atoms with Crippen molar-refractivity contribution in [1.82, 2.24) is 0 Å². The summed E-state index contributed by atoms with van der Waals surface area (Å²) in [7, 11) is 0. The normalized spacial score (nSPS) is 23.3. The number of hydrogen-bond donors (Lipinski definition) is 0. The zero-order valence-corrected chi connectivity index (χ0v) is 10.9. The summed E-state index contributed by atoms with van der Waals surface area (Å²) in [6.45, 7) is 3.80. The number of hydrogen-bond acceptors (Lipinski definition) is 1. The second kappa shape index (κ2) is 6.40. The number of rotatable bonds is 4. The molecule has 0 N–H and O–H groups in total. The van der Waals surface area contributed by atoms with Gasteiger partial charge in [0.25, 0.3) is 0 Å². The van der Waals surface area contributed by atoms with Gasteiger partial charge in [-0.25, -0.2) is 0 Å². The van der Waals surface area contributed by atoms with E-state index in [0.717, 1.165) is 17.9 Å². The summed E-state index contributed by atoms with van der Waals surface area (Å²) in [5.74, 6) is 1.61. The minimum atomic E-state index is 0.706. The minimum Gasteiger partial charge on any atom is -0.192 e. The van der Waals surface area contributed by atoms with Crippen LogP contribution in [0.2, 0.25) is 0 Å². The van der Waals surface area contributed by atoms with E-state index in [1.54, 1.807) is 0 Å². The van der Waals surface area contributed by atoms with Crippen molar-refractivity contribution < 1.29 is 0 Å². The summed E-state index contributed by atoms with van der Waals surface area (Å²) >= 11 is 0. The summed E-state index contributed by atoms with van der Waals surface area (Å²) in [5.41, 5.74) is 2.18. The molecule has 1 nitrogen and oxygen atoms in total. The SMILES string of the molecule is C=CCC[C@H]1CC[C@H](c2ccc(C#N)cc2)CC1. The highest BCUT2D eigenvalue weighted by atomic mass is 14.3. The largest absolute Gasteiger partial charge is 0.192 e. The van der Waals surface area contributed by atoms with Crippen LogP contribution in [-0.4, -0.2) is 0 Å². The number of benzene rings is 1. The van der Waals surface area contributed by atoms with Crippen LogP contribution in [0, 0.1) is 17.2 Å². The lowest BCUT2D eigenvalue weighted by atomic mass is 9.77. The first-order valence-electron chi connectivity index (χ1n) is 6.94. The topological polar surface area (TPSA) is 23.8 Å². The van der Waals surface area contributed by atoms with Gasteiger partial charge in [-0.15, -0.1) is 6.58 Å². The van der Waals surface area contributed by atoms with E-state index < -0.39 is 0 Å². The van der Waals surface area contributed by atoms with Crippen LogP contribution < -0.4 is 0 Å². The molecule has 1 aliphatic carbocycles. The van der Waals surface area contributed by atoms with Crippen molar-refractivity contribution >= 4 is 0 Å². The van der Waals surface area contributed by atoms with Gasteiger partial charge in [-0.2, -0.15) is 5.26 Å². The minimum absolute atomic E-state index is 0.706. The van der Waals surface area contributed by atoms with E-state index in [9.17, 15) is 0 Å². The molecule has 1 fully saturated rings. The van der Waals surface area contributed by atoms with Crippen LogP contribution in [0.3, 0.4) is 0 Å². The van der Waals surface area contributed by atoms with Crippen molar-refractivity contribution in [2.75, 3.05) is 0 Å². The Hall–Kier alpha value is -1.55. The van der Waals surface area contributed by atoms with Gasteiger partial charge in [0.15, 0.2) is 0 Å². The molecule has 0 radical (unpaired) electrons. The monoisotopic (exact) mass is 239 g/mol. The average Bonchev–Trinajstić information content (AvgIpc) is 2.46. The Morgan fingerprint density at radius 1 is 1.17 bits per heavy atom. The highest BCUT2D eigenvalue weighted by Crippen LogP contribution is 2.37. The van der Waals surface area contributed by atoms with Gasteiger partial charge in [-0.1, -0.05) is 18.2 Å². The molecule has 0 unspecified atom stereocenters. The molecule has 1 aromatic rings. The Kier molecular flexibility index (Phi) is 4.59. The van der Waals surface area contributed by atoms with E-state index in [4.69, 9.17) is 5.26 Å². The molecule has 2 rings (SSSR count). The molecule has 0 aliphatic heterocycles.